The van der Waals surface area contributed by atoms with E-state index in [0.29, 0.717) is 0 Å². The van der Waals surface area contributed by atoms with Gasteiger partial charge in [0.25, 0.3) is 0 Å². The Kier molecular flexibility index (Phi) is 6.57. The summed E-state index contributed by atoms with van der Waals surface area (Å²) in [4.78, 5) is 0. The topological polar surface area (TPSA) is 29.1 Å². The van der Waals surface area contributed by atoms with Crippen LogP contribution in [0.2, 0.25) is 0 Å². The van der Waals surface area contributed by atoms with Crippen molar-refractivity contribution in [1.29, 1.82) is 0 Å². The van der Waals surface area contributed by atoms with Crippen LogP contribution >= 0.6 is 15.9 Å². The molecule has 124 valence electrons. The lowest BCUT2D eigenvalue weighted by atomic mass is 10.00. The van der Waals surface area contributed by atoms with Gasteiger partial charge in [0.05, 0.1) is 15.7 Å². The van der Waals surface area contributed by atoms with Crippen LogP contribution < -0.4 is 4.72 Å². The Morgan fingerprint density at radius 1 is 1.04 bits per heavy atom. The van der Waals surface area contributed by atoms with Crippen LogP contribution in [0.4, 0.5) is 0 Å². The highest BCUT2D eigenvalue weighted by atomic mass is 79.9. The molecule has 23 heavy (non-hydrogen) atoms. The van der Waals surface area contributed by atoms with Crippen LogP contribution in [0.25, 0.3) is 0 Å². The smallest absolute Gasteiger partial charge is 0.0975 e. The van der Waals surface area contributed by atoms with Crippen LogP contribution in [0, 0.1) is 0 Å². The quantitative estimate of drug-likeness (QED) is 0.719. The van der Waals surface area contributed by atoms with E-state index in [1.807, 2.05) is 45.0 Å². The predicted molar refractivity (Wildman–Crippen MR) is 103 cm³/mol. The van der Waals surface area contributed by atoms with Crippen molar-refractivity contribution in [2.24, 2.45) is 0 Å². The first-order valence-corrected chi connectivity index (χ1v) is 9.78. The van der Waals surface area contributed by atoms with Crippen molar-refractivity contribution < 1.29 is 4.21 Å². The zero-order valence-electron chi connectivity index (χ0n) is 13.9. The molecule has 2 atom stereocenters. The van der Waals surface area contributed by atoms with Crippen molar-refractivity contribution >= 4 is 26.9 Å². The third kappa shape index (κ3) is 5.55. The van der Waals surface area contributed by atoms with Crippen molar-refractivity contribution in [2.45, 2.75) is 44.4 Å². The summed E-state index contributed by atoms with van der Waals surface area (Å²) in [6.45, 7) is 5.98. The average molecular weight is 394 g/mol. The third-order valence-corrected chi connectivity index (χ3v) is 6.05. The number of halogens is 1. The number of hydrogen-bond acceptors (Lipinski definition) is 1. The third-order valence-electron chi connectivity index (χ3n) is 3.67. The summed E-state index contributed by atoms with van der Waals surface area (Å²) in [5.41, 5.74) is 2.45. The molecule has 0 aliphatic rings. The number of benzene rings is 2. The molecule has 0 heterocycles. The second-order valence-corrected chi connectivity index (χ2v) is 9.44. The van der Waals surface area contributed by atoms with E-state index in [2.05, 4.69) is 51.0 Å². The van der Waals surface area contributed by atoms with Gasteiger partial charge in [-0.2, -0.15) is 0 Å². The Labute approximate surface area is 150 Å². The van der Waals surface area contributed by atoms with Crippen molar-refractivity contribution in [3.05, 3.63) is 70.2 Å². The van der Waals surface area contributed by atoms with Crippen molar-refractivity contribution in [1.82, 2.24) is 4.72 Å². The normalized spacial score (nSPS) is 14.4. The Hall–Kier alpha value is -0.970. The first-order valence-electron chi connectivity index (χ1n) is 7.84. The van der Waals surface area contributed by atoms with Gasteiger partial charge in [-0.1, -0.05) is 64.5 Å². The number of rotatable bonds is 6. The maximum absolute atomic E-state index is 12.5. The Balaban J connectivity index is 2.14. The summed E-state index contributed by atoms with van der Waals surface area (Å²) in [5, 5.41) is 0. The number of aryl methyl sites for hydroxylation is 1. The second kappa shape index (κ2) is 8.22. The Morgan fingerprint density at radius 3 is 2.26 bits per heavy atom. The fraction of sp³-hybridized carbons (Fsp3) is 0.368. The van der Waals surface area contributed by atoms with E-state index in [1.54, 1.807) is 0 Å². The van der Waals surface area contributed by atoms with E-state index < -0.39 is 11.0 Å². The van der Waals surface area contributed by atoms with Crippen LogP contribution in [0.3, 0.4) is 0 Å². The molecular formula is C19H24BrNOS. The van der Waals surface area contributed by atoms with Crippen molar-refractivity contribution in [3.63, 3.8) is 0 Å². The largest absolute Gasteiger partial charge is 0.242 e. The van der Waals surface area contributed by atoms with Gasteiger partial charge in [-0.15, -0.1) is 0 Å². The lowest BCUT2D eigenvalue weighted by Crippen LogP contribution is -2.36. The molecule has 0 spiro atoms. The van der Waals surface area contributed by atoms with Gasteiger partial charge < -0.3 is 0 Å². The summed E-state index contributed by atoms with van der Waals surface area (Å²) >= 11 is 3.60. The van der Waals surface area contributed by atoms with E-state index in [4.69, 9.17) is 0 Å². The minimum absolute atomic E-state index is 0.0726. The molecule has 0 aliphatic carbocycles. The number of hydrogen-bond donors (Lipinski definition) is 1. The first kappa shape index (κ1) is 18.4. The molecule has 2 aromatic rings. The van der Waals surface area contributed by atoms with E-state index >= 15 is 0 Å². The SMILES string of the molecule is CC(C)(C)[S@@](=O)N[C@H](CCc1ccccc1Br)c1ccccc1. The molecule has 0 aliphatic heterocycles. The van der Waals surface area contributed by atoms with Crippen molar-refractivity contribution in [3.8, 4) is 0 Å². The van der Waals surface area contributed by atoms with Gasteiger partial charge in [0.15, 0.2) is 0 Å². The van der Waals surface area contributed by atoms with Gasteiger partial charge >= 0.3 is 0 Å². The highest BCUT2D eigenvalue weighted by Crippen LogP contribution is 2.24. The summed E-state index contributed by atoms with van der Waals surface area (Å²) in [7, 11) is -1.09. The summed E-state index contributed by atoms with van der Waals surface area (Å²) in [6.07, 6.45) is 1.82. The van der Waals surface area contributed by atoms with Crippen LogP contribution in [0.5, 0.6) is 0 Å². The van der Waals surface area contributed by atoms with Gasteiger partial charge in [0.2, 0.25) is 0 Å². The molecule has 0 bridgehead atoms. The minimum Gasteiger partial charge on any atom is -0.242 e. The predicted octanol–water partition coefficient (Wildman–Crippen LogP) is 5.17. The molecule has 2 nitrogen and oxygen atoms in total. The Bertz CT molecular complexity index is 652. The second-order valence-electron chi connectivity index (χ2n) is 6.59. The molecule has 2 aromatic carbocycles. The Morgan fingerprint density at radius 2 is 1.65 bits per heavy atom. The van der Waals surface area contributed by atoms with Gasteiger partial charge in [-0.25, -0.2) is 8.93 Å². The highest BCUT2D eigenvalue weighted by Gasteiger charge is 2.23. The molecule has 1 N–H and O–H groups in total. The molecule has 0 saturated heterocycles. The standard InChI is InChI=1S/C19H24BrNOS/c1-19(2,3)23(22)21-18(16-10-5-4-6-11-16)14-13-15-9-7-8-12-17(15)20/h4-12,18,21H,13-14H2,1-3H3/t18-,23-/m1/s1. The zero-order chi connectivity index (χ0) is 16.9. The molecule has 0 unspecified atom stereocenters. The maximum Gasteiger partial charge on any atom is 0.0975 e. The maximum atomic E-state index is 12.5. The van der Waals surface area contributed by atoms with Gasteiger partial charge in [-0.05, 0) is 50.8 Å². The lowest BCUT2D eigenvalue weighted by molar-refractivity contribution is 0.570. The molecule has 0 radical (unpaired) electrons. The minimum atomic E-state index is -1.09. The fourth-order valence-corrected chi connectivity index (χ4v) is 3.63. The summed E-state index contributed by atoms with van der Waals surface area (Å²) in [5.74, 6) is 0. The van der Waals surface area contributed by atoms with E-state index in [1.165, 1.54) is 11.1 Å². The highest BCUT2D eigenvalue weighted by molar-refractivity contribution is 9.10. The van der Waals surface area contributed by atoms with Crippen LogP contribution in [0.1, 0.15) is 44.4 Å². The summed E-state index contributed by atoms with van der Waals surface area (Å²) in [6, 6.07) is 18.6. The average Bonchev–Trinajstić information content (AvgIpc) is 2.52. The van der Waals surface area contributed by atoms with E-state index in [0.717, 1.165) is 17.3 Å². The molecule has 2 rings (SSSR count). The van der Waals surface area contributed by atoms with Crippen molar-refractivity contribution in [2.75, 3.05) is 0 Å². The summed E-state index contributed by atoms with van der Waals surface area (Å²) < 4.78 is 16.7. The van der Waals surface area contributed by atoms with E-state index in [9.17, 15) is 4.21 Å². The molecule has 0 fully saturated rings. The molecule has 0 saturated carbocycles. The van der Waals surface area contributed by atoms with Gasteiger partial charge in [0.1, 0.15) is 0 Å². The lowest BCUT2D eigenvalue weighted by Gasteiger charge is -2.25. The van der Waals surface area contributed by atoms with Gasteiger partial charge in [-0.3, -0.25) is 0 Å². The zero-order valence-corrected chi connectivity index (χ0v) is 16.3. The molecule has 0 aromatic heterocycles. The molecule has 0 amide bonds. The monoisotopic (exact) mass is 393 g/mol. The van der Waals surface area contributed by atoms with Crippen LogP contribution in [-0.2, 0) is 17.4 Å². The fourth-order valence-electron chi connectivity index (χ4n) is 2.29. The van der Waals surface area contributed by atoms with E-state index in [-0.39, 0.29) is 10.8 Å². The molecular weight excluding hydrogens is 370 g/mol. The van der Waals surface area contributed by atoms with Crippen LogP contribution in [-0.4, -0.2) is 8.96 Å². The van der Waals surface area contributed by atoms with Crippen LogP contribution in [0.15, 0.2) is 59.1 Å². The molecule has 4 heteroatoms. The first-order chi connectivity index (χ1) is 10.9. The number of nitrogens with one attached hydrogen (secondary N) is 1. The van der Waals surface area contributed by atoms with Gasteiger partial charge in [0, 0.05) is 10.5 Å².